The maximum absolute atomic E-state index is 12.4. The fraction of sp³-hybridized carbons (Fsp3) is 0.235. The number of fused-ring (bicyclic) bond motifs is 3. The van der Waals surface area contributed by atoms with E-state index in [0.717, 1.165) is 16.1 Å². The van der Waals surface area contributed by atoms with Gasteiger partial charge in [-0.15, -0.1) is 10.2 Å². The van der Waals surface area contributed by atoms with Crippen molar-refractivity contribution in [3.63, 3.8) is 0 Å². The molecule has 0 saturated heterocycles. The van der Waals surface area contributed by atoms with Crippen molar-refractivity contribution in [1.82, 2.24) is 29.6 Å². The van der Waals surface area contributed by atoms with Crippen LogP contribution in [0.5, 0.6) is 0 Å². The van der Waals surface area contributed by atoms with Crippen molar-refractivity contribution >= 4 is 55.6 Å². The summed E-state index contributed by atoms with van der Waals surface area (Å²) in [4.78, 5) is 19.7. The quantitative estimate of drug-likeness (QED) is 0.422. The number of nitrogens with one attached hydrogen (secondary N) is 2. The molecule has 11 nitrogen and oxygen atoms in total. The highest BCUT2D eigenvalue weighted by molar-refractivity contribution is 7.99. The smallest absolute Gasteiger partial charge is 0.242 e. The Bertz CT molecular complexity index is 1360. The third-order valence-electron chi connectivity index (χ3n) is 4.17. The number of amides is 1. The SMILES string of the molecule is Cc1cc(NC(=O)CSc2nnc3c(n2)[nH]c2ccc(S(=O)(=O)N(C)C)cc23)no1. The molecule has 0 bridgehead atoms. The number of rotatable bonds is 6. The van der Waals surface area contributed by atoms with E-state index < -0.39 is 10.0 Å². The number of anilines is 1. The summed E-state index contributed by atoms with van der Waals surface area (Å²) in [5.74, 6) is 0.708. The number of thioether (sulfide) groups is 1. The van der Waals surface area contributed by atoms with Crippen molar-refractivity contribution in [3.05, 3.63) is 30.0 Å². The van der Waals surface area contributed by atoms with Crippen LogP contribution in [0.25, 0.3) is 22.1 Å². The van der Waals surface area contributed by atoms with Crippen LogP contribution < -0.4 is 5.32 Å². The summed E-state index contributed by atoms with van der Waals surface area (Å²) in [6, 6.07) is 6.34. The molecule has 4 rings (SSSR count). The van der Waals surface area contributed by atoms with E-state index in [2.05, 4.69) is 30.6 Å². The molecule has 3 heterocycles. The number of nitrogens with zero attached hydrogens (tertiary/aromatic N) is 5. The second kappa shape index (κ2) is 7.66. The van der Waals surface area contributed by atoms with Crippen molar-refractivity contribution in [2.45, 2.75) is 17.0 Å². The third-order valence-corrected chi connectivity index (χ3v) is 6.82. The number of hydrogen-bond acceptors (Lipinski definition) is 9. The largest absolute Gasteiger partial charge is 0.360 e. The lowest BCUT2D eigenvalue weighted by atomic mass is 10.2. The van der Waals surface area contributed by atoms with E-state index in [1.165, 1.54) is 20.2 Å². The summed E-state index contributed by atoms with van der Waals surface area (Å²) >= 11 is 1.11. The van der Waals surface area contributed by atoms with Gasteiger partial charge in [-0.3, -0.25) is 4.79 Å². The van der Waals surface area contributed by atoms with Gasteiger partial charge in [0.2, 0.25) is 21.1 Å². The molecule has 3 aromatic heterocycles. The zero-order valence-corrected chi connectivity index (χ0v) is 17.8. The topological polar surface area (TPSA) is 147 Å². The van der Waals surface area contributed by atoms with E-state index in [-0.39, 0.29) is 16.6 Å². The summed E-state index contributed by atoms with van der Waals surface area (Å²) in [5, 5.41) is 15.4. The van der Waals surface area contributed by atoms with E-state index in [1.807, 2.05) is 0 Å². The molecule has 156 valence electrons. The van der Waals surface area contributed by atoms with Gasteiger partial charge in [0.25, 0.3) is 0 Å². The van der Waals surface area contributed by atoms with Crippen molar-refractivity contribution in [1.29, 1.82) is 0 Å². The molecule has 0 atom stereocenters. The van der Waals surface area contributed by atoms with Crippen LogP contribution in [0.4, 0.5) is 5.82 Å². The molecule has 2 N–H and O–H groups in total. The van der Waals surface area contributed by atoms with Gasteiger partial charge in [-0.25, -0.2) is 17.7 Å². The lowest BCUT2D eigenvalue weighted by Gasteiger charge is -2.10. The molecule has 0 spiro atoms. The summed E-state index contributed by atoms with van der Waals surface area (Å²) in [6.07, 6.45) is 0. The first-order valence-corrected chi connectivity index (χ1v) is 11.1. The number of aromatic amines is 1. The first-order valence-electron chi connectivity index (χ1n) is 8.69. The van der Waals surface area contributed by atoms with Gasteiger partial charge in [0.15, 0.2) is 11.5 Å². The third kappa shape index (κ3) is 3.86. The average molecular weight is 448 g/mol. The van der Waals surface area contributed by atoms with Crippen LogP contribution in [0, 0.1) is 6.92 Å². The van der Waals surface area contributed by atoms with Gasteiger partial charge < -0.3 is 14.8 Å². The van der Waals surface area contributed by atoms with Crippen LogP contribution in [-0.2, 0) is 14.8 Å². The average Bonchev–Trinajstić information content (AvgIpc) is 3.27. The highest BCUT2D eigenvalue weighted by Crippen LogP contribution is 2.27. The van der Waals surface area contributed by atoms with Crippen molar-refractivity contribution in [3.8, 4) is 0 Å². The predicted molar refractivity (Wildman–Crippen MR) is 111 cm³/mol. The van der Waals surface area contributed by atoms with Crippen LogP contribution in [-0.4, -0.2) is 63.8 Å². The number of hydrogen-bond donors (Lipinski definition) is 2. The van der Waals surface area contributed by atoms with Gasteiger partial charge >= 0.3 is 0 Å². The molecule has 13 heteroatoms. The number of carbonyl (C=O) groups excluding carboxylic acids is 1. The zero-order valence-electron chi connectivity index (χ0n) is 16.2. The Balaban J connectivity index is 1.55. The molecule has 4 aromatic rings. The van der Waals surface area contributed by atoms with Gasteiger partial charge in [-0.05, 0) is 25.1 Å². The predicted octanol–water partition coefficient (Wildman–Crippen LogP) is 1.78. The monoisotopic (exact) mass is 447 g/mol. The first kappa shape index (κ1) is 20.3. The molecule has 30 heavy (non-hydrogen) atoms. The van der Waals surface area contributed by atoms with Gasteiger partial charge in [-0.1, -0.05) is 16.9 Å². The Morgan fingerprint density at radius 3 is 2.77 bits per heavy atom. The van der Waals surface area contributed by atoms with Gasteiger partial charge in [0.05, 0.1) is 10.6 Å². The minimum absolute atomic E-state index is 0.0601. The van der Waals surface area contributed by atoms with Crippen molar-refractivity contribution in [2.24, 2.45) is 0 Å². The van der Waals surface area contributed by atoms with Crippen LogP contribution in [0.15, 0.2) is 38.8 Å². The molecule has 0 aliphatic heterocycles. The van der Waals surface area contributed by atoms with Crippen molar-refractivity contribution in [2.75, 3.05) is 25.2 Å². The Morgan fingerprint density at radius 2 is 2.07 bits per heavy atom. The van der Waals surface area contributed by atoms with Crippen LogP contribution in [0.1, 0.15) is 5.76 Å². The summed E-state index contributed by atoms with van der Waals surface area (Å²) in [7, 11) is -0.632. The van der Waals surface area contributed by atoms with Crippen LogP contribution in [0.2, 0.25) is 0 Å². The molecule has 1 aromatic carbocycles. The Morgan fingerprint density at radius 1 is 1.27 bits per heavy atom. The fourth-order valence-electron chi connectivity index (χ4n) is 2.70. The second-order valence-corrected chi connectivity index (χ2v) is 9.67. The zero-order chi connectivity index (χ0) is 21.5. The van der Waals surface area contributed by atoms with E-state index in [1.54, 1.807) is 25.1 Å². The van der Waals surface area contributed by atoms with Gasteiger partial charge in [0.1, 0.15) is 11.3 Å². The number of carbonyl (C=O) groups is 1. The molecular formula is C17H17N7O4S2. The maximum atomic E-state index is 12.4. The standard InChI is InChI=1S/C17H17N7O4S2/c1-9-6-13(23-28-9)19-14(25)8-29-17-20-16-15(21-22-17)11-7-10(4-5-12(11)18-16)30(26,27)24(2)3/h4-7H,8H2,1-3H3,(H,18,20,22)(H,19,23,25). The van der Waals surface area contributed by atoms with Crippen LogP contribution >= 0.6 is 11.8 Å². The number of sulfonamides is 1. The Kier molecular flexibility index (Phi) is 5.17. The van der Waals surface area contributed by atoms with Gasteiger partial charge in [0, 0.05) is 31.1 Å². The minimum Gasteiger partial charge on any atom is -0.360 e. The lowest BCUT2D eigenvalue weighted by molar-refractivity contribution is -0.113. The molecular weight excluding hydrogens is 430 g/mol. The Labute approximate surface area is 175 Å². The molecule has 0 radical (unpaired) electrons. The summed E-state index contributed by atoms with van der Waals surface area (Å²) in [5.41, 5.74) is 1.59. The summed E-state index contributed by atoms with van der Waals surface area (Å²) < 4.78 is 30.8. The highest BCUT2D eigenvalue weighted by atomic mass is 32.2. The molecule has 0 unspecified atom stereocenters. The van der Waals surface area contributed by atoms with E-state index in [4.69, 9.17) is 4.52 Å². The number of aryl methyl sites for hydroxylation is 1. The number of benzene rings is 1. The first-order chi connectivity index (χ1) is 14.2. The molecule has 1 amide bonds. The second-order valence-electron chi connectivity index (χ2n) is 6.57. The van der Waals surface area contributed by atoms with E-state index in [0.29, 0.717) is 38.8 Å². The molecule has 0 aliphatic rings. The highest BCUT2D eigenvalue weighted by Gasteiger charge is 2.19. The normalized spacial score (nSPS) is 12.1. The molecule has 0 fully saturated rings. The molecule has 0 aliphatic carbocycles. The van der Waals surface area contributed by atoms with E-state index in [9.17, 15) is 13.2 Å². The Hall–Kier alpha value is -3.03. The molecule has 0 saturated carbocycles. The van der Waals surface area contributed by atoms with Gasteiger partial charge in [-0.2, -0.15) is 0 Å². The summed E-state index contributed by atoms with van der Waals surface area (Å²) in [6.45, 7) is 1.73. The number of H-pyrrole nitrogens is 1. The lowest BCUT2D eigenvalue weighted by Crippen LogP contribution is -2.22. The number of aromatic nitrogens is 5. The van der Waals surface area contributed by atoms with E-state index >= 15 is 0 Å². The fourth-order valence-corrected chi connectivity index (χ4v) is 4.22. The van der Waals surface area contributed by atoms with Crippen molar-refractivity contribution < 1.29 is 17.7 Å². The minimum atomic E-state index is -3.58. The maximum Gasteiger partial charge on any atom is 0.242 e. The van der Waals surface area contributed by atoms with Crippen LogP contribution in [0.3, 0.4) is 0 Å².